The van der Waals surface area contributed by atoms with Gasteiger partial charge in [0.2, 0.25) is 5.06 Å². The van der Waals surface area contributed by atoms with Gasteiger partial charge in [-0.25, -0.2) is 14.8 Å². The fourth-order valence-corrected chi connectivity index (χ4v) is 3.59. The summed E-state index contributed by atoms with van der Waals surface area (Å²) in [6, 6.07) is 8.20. The molecular formula is C18H20N4O2S. The molecule has 0 saturated heterocycles. The number of anilines is 1. The van der Waals surface area contributed by atoms with E-state index < -0.39 is 6.09 Å². The van der Waals surface area contributed by atoms with Crippen molar-refractivity contribution in [3.63, 3.8) is 0 Å². The van der Waals surface area contributed by atoms with E-state index in [0.29, 0.717) is 21.7 Å². The van der Waals surface area contributed by atoms with Crippen LogP contribution >= 0.6 is 11.3 Å². The Balaban J connectivity index is 2.07. The summed E-state index contributed by atoms with van der Waals surface area (Å²) in [5, 5.41) is 0.941. The minimum absolute atomic E-state index is 0.0858. The molecule has 0 spiro atoms. The SMILES string of the molecule is Cc1nc(-c2ccc(C(C)(C)C)cc2)nc2sc(OC(N)=O)c(N)c12. The van der Waals surface area contributed by atoms with Gasteiger partial charge in [0.15, 0.2) is 5.82 Å². The average molecular weight is 356 g/mol. The number of thiophene rings is 1. The summed E-state index contributed by atoms with van der Waals surface area (Å²) in [6.45, 7) is 8.37. The van der Waals surface area contributed by atoms with Crippen molar-refractivity contribution in [3.05, 3.63) is 35.5 Å². The first kappa shape index (κ1) is 17.2. The third-order valence-electron chi connectivity index (χ3n) is 3.94. The van der Waals surface area contributed by atoms with Gasteiger partial charge in [-0.3, -0.25) is 0 Å². The Bertz CT molecular complexity index is 956. The Hall–Kier alpha value is -2.67. The Labute approximate surface area is 149 Å². The number of aryl methyl sites for hydroxylation is 1. The topological polar surface area (TPSA) is 104 Å². The standard InChI is InChI=1S/C18H20N4O2S/c1-9-12-13(19)16(24-17(20)23)25-15(12)22-14(21-9)10-5-7-11(8-6-10)18(2,3)4/h5-8H,19H2,1-4H3,(H2,20,23). The second-order valence-corrected chi connectivity index (χ2v) is 7.83. The highest BCUT2D eigenvalue weighted by atomic mass is 32.1. The second-order valence-electron chi connectivity index (χ2n) is 6.86. The van der Waals surface area contributed by atoms with E-state index >= 15 is 0 Å². The molecule has 0 aliphatic carbocycles. The van der Waals surface area contributed by atoms with Gasteiger partial charge in [0.25, 0.3) is 0 Å². The van der Waals surface area contributed by atoms with Crippen molar-refractivity contribution >= 4 is 33.3 Å². The molecule has 130 valence electrons. The number of nitrogens with zero attached hydrogens (tertiary/aromatic N) is 2. The van der Waals surface area contributed by atoms with Gasteiger partial charge < -0.3 is 16.2 Å². The summed E-state index contributed by atoms with van der Waals surface area (Å²) in [5.74, 6) is 0.609. The molecule has 0 bridgehead atoms. The lowest BCUT2D eigenvalue weighted by atomic mass is 9.87. The van der Waals surface area contributed by atoms with E-state index in [-0.39, 0.29) is 10.5 Å². The van der Waals surface area contributed by atoms with Gasteiger partial charge >= 0.3 is 6.09 Å². The van der Waals surface area contributed by atoms with Crippen LogP contribution < -0.4 is 16.2 Å². The first-order valence-corrected chi connectivity index (χ1v) is 8.63. The fraction of sp³-hybridized carbons (Fsp3) is 0.278. The van der Waals surface area contributed by atoms with Crippen LogP contribution in [0.1, 0.15) is 32.0 Å². The molecule has 0 atom stereocenters. The van der Waals surface area contributed by atoms with Crippen molar-refractivity contribution in [2.75, 3.05) is 5.73 Å². The maximum Gasteiger partial charge on any atom is 0.410 e. The number of carbonyl (C=O) groups excluding carboxylic acids is 1. The molecule has 0 fully saturated rings. The first-order chi connectivity index (χ1) is 11.7. The average Bonchev–Trinajstić information content (AvgIpc) is 2.82. The van der Waals surface area contributed by atoms with Gasteiger partial charge in [-0.15, -0.1) is 0 Å². The zero-order chi connectivity index (χ0) is 18.4. The number of nitrogen functional groups attached to an aromatic ring is 1. The summed E-state index contributed by atoms with van der Waals surface area (Å²) < 4.78 is 4.95. The second kappa shape index (κ2) is 6.00. The van der Waals surface area contributed by atoms with E-state index in [2.05, 4.69) is 42.9 Å². The van der Waals surface area contributed by atoms with Gasteiger partial charge in [0, 0.05) is 5.56 Å². The number of aromatic nitrogens is 2. The maximum atomic E-state index is 11.0. The van der Waals surface area contributed by atoms with Gasteiger partial charge in [0.05, 0.1) is 16.8 Å². The summed E-state index contributed by atoms with van der Waals surface area (Å²) in [5.41, 5.74) is 14.4. The lowest BCUT2D eigenvalue weighted by molar-refractivity contribution is 0.212. The van der Waals surface area contributed by atoms with Crippen LogP contribution in [-0.2, 0) is 5.41 Å². The summed E-state index contributed by atoms with van der Waals surface area (Å²) in [7, 11) is 0. The van der Waals surface area contributed by atoms with E-state index in [1.807, 2.05) is 19.1 Å². The number of hydrogen-bond donors (Lipinski definition) is 2. The van der Waals surface area contributed by atoms with Crippen molar-refractivity contribution < 1.29 is 9.53 Å². The van der Waals surface area contributed by atoms with E-state index in [0.717, 1.165) is 11.3 Å². The van der Waals surface area contributed by atoms with Crippen LogP contribution in [0.3, 0.4) is 0 Å². The van der Waals surface area contributed by atoms with Crippen LogP contribution in [0, 0.1) is 6.92 Å². The zero-order valence-electron chi connectivity index (χ0n) is 14.6. The lowest BCUT2D eigenvalue weighted by Gasteiger charge is -2.19. The van der Waals surface area contributed by atoms with Crippen molar-refractivity contribution in [2.24, 2.45) is 5.73 Å². The summed E-state index contributed by atoms with van der Waals surface area (Å²) in [6.07, 6.45) is -0.901. The smallest absolute Gasteiger partial charge is 0.397 e. The normalized spacial score (nSPS) is 11.7. The molecule has 6 nitrogen and oxygen atoms in total. The molecule has 2 heterocycles. The molecule has 0 aliphatic rings. The Morgan fingerprint density at radius 2 is 1.80 bits per heavy atom. The summed E-state index contributed by atoms with van der Waals surface area (Å²) >= 11 is 1.18. The van der Waals surface area contributed by atoms with Crippen LogP contribution in [0.5, 0.6) is 5.06 Å². The van der Waals surface area contributed by atoms with E-state index in [4.69, 9.17) is 16.2 Å². The number of hydrogen-bond acceptors (Lipinski definition) is 6. The molecule has 7 heteroatoms. The Morgan fingerprint density at radius 3 is 2.36 bits per heavy atom. The monoisotopic (exact) mass is 356 g/mol. The molecule has 4 N–H and O–H groups in total. The van der Waals surface area contributed by atoms with Gasteiger partial charge in [-0.05, 0) is 17.9 Å². The van der Waals surface area contributed by atoms with Crippen molar-refractivity contribution in [3.8, 4) is 16.5 Å². The fourth-order valence-electron chi connectivity index (χ4n) is 2.59. The number of benzene rings is 1. The van der Waals surface area contributed by atoms with Gasteiger partial charge in [0.1, 0.15) is 4.83 Å². The number of fused-ring (bicyclic) bond motifs is 1. The summed E-state index contributed by atoms with van der Waals surface area (Å²) in [4.78, 5) is 20.8. The molecule has 3 aromatic rings. The molecule has 3 rings (SSSR count). The van der Waals surface area contributed by atoms with Crippen molar-refractivity contribution in [1.29, 1.82) is 0 Å². The molecule has 0 aliphatic heterocycles. The van der Waals surface area contributed by atoms with Crippen LogP contribution in [0.25, 0.3) is 21.6 Å². The molecule has 0 saturated carbocycles. The molecule has 25 heavy (non-hydrogen) atoms. The largest absolute Gasteiger partial charge is 0.410 e. The van der Waals surface area contributed by atoms with Crippen LogP contribution in [0.15, 0.2) is 24.3 Å². The van der Waals surface area contributed by atoms with Crippen molar-refractivity contribution in [2.45, 2.75) is 33.1 Å². The zero-order valence-corrected chi connectivity index (χ0v) is 15.4. The molecule has 0 unspecified atom stereocenters. The predicted octanol–water partition coefficient (Wildman–Crippen LogP) is 4.00. The highest BCUT2D eigenvalue weighted by Crippen LogP contribution is 2.41. The van der Waals surface area contributed by atoms with Crippen molar-refractivity contribution in [1.82, 2.24) is 9.97 Å². The van der Waals surface area contributed by atoms with E-state index in [9.17, 15) is 4.79 Å². The van der Waals surface area contributed by atoms with Gasteiger partial charge in [-0.2, -0.15) is 0 Å². The number of amides is 1. The Morgan fingerprint density at radius 1 is 1.16 bits per heavy atom. The number of carbonyl (C=O) groups is 1. The number of nitrogens with two attached hydrogens (primary N) is 2. The number of rotatable bonds is 2. The molecular weight excluding hydrogens is 336 g/mol. The first-order valence-electron chi connectivity index (χ1n) is 7.81. The van der Waals surface area contributed by atoms with Crippen LogP contribution in [-0.4, -0.2) is 16.1 Å². The third kappa shape index (κ3) is 3.28. The van der Waals surface area contributed by atoms with Crippen LogP contribution in [0.4, 0.5) is 10.5 Å². The maximum absolute atomic E-state index is 11.0. The van der Waals surface area contributed by atoms with Gasteiger partial charge in [-0.1, -0.05) is 56.4 Å². The van der Waals surface area contributed by atoms with E-state index in [1.165, 1.54) is 16.9 Å². The third-order valence-corrected chi connectivity index (χ3v) is 4.92. The Kier molecular flexibility index (Phi) is 4.12. The van der Waals surface area contributed by atoms with E-state index in [1.54, 1.807) is 0 Å². The highest BCUT2D eigenvalue weighted by Gasteiger charge is 2.19. The number of primary amides is 1. The minimum Gasteiger partial charge on any atom is -0.397 e. The number of ether oxygens (including phenoxy) is 1. The quantitative estimate of drug-likeness (QED) is 0.722. The molecule has 1 amide bonds. The molecule has 1 aromatic carbocycles. The molecule has 0 radical (unpaired) electrons. The van der Waals surface area contributed by atoms with Crippen LogP contribution in [0.2, 0.25) is 0 Å². The lowest BCUT2D eigenvalue weighted by Crippen LogP contribution is -2.16. The highest BCUT2D eigenvalue weighted by molar-refractivity contribution is 7.21. The predicted molar refractivity (Wildman–Crippen MR) is 101 cm³/mol. The molecule has 2 aromatic heterocycles. The minimum atomic E-state index is -0.901.